The number of carbonyl (C=O) groups excluding carboxylic acids is 2. The summed E-state index contributed by atoms with van der Waals surface area (Å²) in [5.41, 5.74) is 1.16. The quantitative estimate of drug-likeness (QED) is 0.547. The van der Waals surface area contributed by atoms with Crippen LogP contribution in [0.15, 0.2) is 24.3 Å². The Balaban J connectivity index is 3.14. The first-order valence-electron chi connectivity index (χ1n) is 3.64. The van der Waals surface area contributed by atoms with Gasteiger partial charge in [0.2, 0.25) is 0 Å². The van der Waals surface area contributed by atoms with Crippen molar-refractivity contribution in [1.82, 2.24) is 0 Å². The van der Waals surface area contributed by atoms with E-state index in [0.717, 1.165) is 6.29 Å². The summed E-state index contributed by atoms with van der Waals surface area (Å²) in [6.45, 7) is 0. The zero-order valence-corrected chi connectivity index (χ0v) is 7.49. The topological polar surface area (TPSA) is 34.1 Å². The van der Waals surface area contributed by atoms with Crippen LogP contribution >= 0.6 is 11.6 Å². The number of aldehydes is 2. The van der Waals surface area contributed by atoms with Crippen molar-refractivity contribution in [2.75, 3.05) is 0 Å². The molecule has 0 radical (unpaired) electrons. The molecule has 0 spiro atoms. The Labute approximate surface area is 80.8 Å². The van der Waals surface area contributed by atoms with Gasteiger partial charge in [0, 0.05) is 10.6 Å². The van der Waals surface area contributed by atoms with Crippen molar-refractivity contribution < 1.29 is 9.59 Å². The van der Waals surface area contributed by atoms with Crippen LogP contribution in [-0.4, -0.2) is 12.6 Å². The van der Waals surface area contributed by atoms with Crippen molar-refractivity contribution in [3.8, 4) is 0 Å². The first kappa shape index (κ1) is 9.68. The number of rotatable bonds is 3. The van der Waals surface area contributed by atoms with E-state index in [1.807, 2.05) is 0 Å². The average molecular weight is 195 g/mol. The molecule has 0 fully saturated rings. The standard InChI is InChI=1S/C10H7ClO2/c11-10-4-3-9(7-13)8(6-10)2-1-5-12/h1-7H. The van der Waals surface area contributed by atoms with Gasteiger partial charge in [0.15, 0.2) is 6.29 Å². The molecule has 0 bridgehead atoms. The van der Waals surface area contributed by atoms with Crippen molar-refractivity contribution in [3.63, 3.8) is 0 Å². The Morgan fingerprint density at radius 2 is 1.92 bits per heavy atom. The predicted molar refractivity (Wildman–Crippen MR) is 51.9 cm³/mol. The largest absolute Gasteiger partial charge is 0.299 e. The molecule has 1 aromatic rings. The van der Waals surface area contributed by atoms with Gasteiger partial charge < -0.3 is 0 Å². The molecule has 13 heavy (non-hydrogen) atoms. The number of carbonyl (C=O) groups is 2. The summed E-state index contributed by atoms with van der Waals surface area (Å²) in [7, 11) is 0. The maximum atomic E-state index is 10.5. The van der Waals surface area contributed by atoms with Gasteiger partial charge in [-0.25, -0.2) is 0 Å². The Bertz CT molecular complexity index is 356. The molecule has 0 saturated carbocycles. The van der Waals surface area contributed by atoms with E-state index in [9.17, 15) is 9.59 Å². The smallest absolute Gasteiger partial charge is 0.150 e. The lowest BCUT2D eigenvalue weighted by Crippen LogP contribution is -1.85. The SMILES string of the molecule is O=CC=Cc1cc(Cl)ccc1C=O. The van der Waals surface area contributed by atoms with Crippen LogP contribution in [0.25, 0.3) is 6.08 Å². The van der Waals surface area contributed by atoms with E-state index in [4.69, 9.17) is 11.6 Å². The fraction of sp³-hybridized carbons (Fsp3) is 0. The predicted octanol–water partition coefficient (Wildman–Crippen LogP) is 2.36. The van der Waals surface area contributed by atoms with Crippen LogP contribution in [0.1, 0.15) is 15.9 Å². The molecule has 0 aliphatic carbocycles. The molecule has 0 amide bonds. The highest BCUT2D eigenvalue weighted by atomic mass is 35.5. The van der Waals surface area contributed by atoms with Gasteiger partial charge in [0.25, 0.3) is 0 Å². The zero-order chi connectivity index (χ0) is 9.68. The highest BCUT2D eigenvalue weighted by Crippen LogP contribution is 2.15. The third-order valence-electron chi connectivity index (χ3n) is 1.53. The minimum Gasteiger partial charge on any atom is -0.299 e. The molecule has 0 aromatic heterocycles. The molecule has 1 aromatic carbocycles. The summed E-state index contributed by atoms with van der Waals surface area (Å²) in [6, 6.07) is 4.87. The van der Waals surface area contributed by atoms with Crippen molar-refractivity contribution in [1.29, 1.82) is 0 Å². The van der Waals surface area contributed by atoms with Gasteiger partial charge >= 0.3 is 0 Å². The lowest BCUT2D eigenvalue weighted by Gasteiger charge is -1.98. The van der Waals surface area contributed by atoms with Crippen LogP contribution in [0, 0.1) is 0 Å². The van der Waals surface area contributed by atoms with E-state index in [1.165, 1.54) is 6.08 Å². The van der Waals surface area contributed by atoms with Gasteiger partial charge in [0.05, 0.1) is 0 Å². The van der Waals surface area contributed by atoms with Crippen LogP contribution in [0.4, 0.5) is 0 Å². The first-order chi connectivity index (χ1) is 6.27. The van der Waals surface area contributed by atoms with E-state index in [0.29, 0.717) is 22.4 Å². The summed E-state index contributed by atoms with van der Waals surface area (Å²) < 4.78 is 0. The second-order valence-electron chi connectivity index (χ2n) is 2.39. The van der Waals surface area contributed by atoms with Gasteiger partial charge in [-0.2, -0.15) is 0 Å². The Morgan fingerprint density at radius 3 is 2.54 bits per heavy atom. The molecule has 3 heteroatoms. The number of allylic oxidation sites excluding steroid dienone is 1. The lowest BCUT2D eigenvalue weighted by atomic mass is 10.1. The van der Waals surface area contributed by atoms with Crippen LogP contribution in [0.3, 0.4) is 0 Å². The van der Waals surface area contributed by atoms with E-state index >= 15 is 0 Å². The van der Waals surface area contributed by atoms with Crippen LogP contribution in [-0.2, 0) is 4.79 Å². The molecule has 66 valence electrons. The van der Waals surface area contributed by atoms with Crippen LogP contribution in [0.2, 0.25) is 5.02 Å². The van der Waals surface area contributed by atoms with Crippen molar-refractivity contribution in [2.45, 2.75) is 0 Å². The Kier molecular flexibility index (Phi) is 3.41. The van der Waals surface area contributed by atoms with E-state index in [-0.39, 0.29) is 0 Å². The summed E-state index contributed by atoms with van der Waals surface area (Å²) in [5, 5.41) is 0.538. The maximum absolute atomic E-state index is 10.5. The molecule has 0 atom stereocenters. The number of benzene rings is 1. The molecular weight excluding hydrogens is 188 g/mol. The number of hydrogen-bond donors (Lipinski definition) is 0. The number of halogens is 1. The van der Waals surface area contributed by atoms with E-state index < -0.39 is 0 Å². The van der Waals surface area contributed by atoms with Crippen LogP contribution < -0.4 is 0 Å². The highest BCUT2D eigenvalue weighted by Gasteiger charge is 1.98. The molecular formula is C10H7ClO2. The van der Waals surface area contributed by atoms with E-state index in [2.05, 4.69) is 0 Å². The minimum absolute atomic E-state index is 0.516. The van der Waals surface area contributed by atoms with Gasteiger partial charge in [-0.1, -0.05) is 17.7 Å². The lowest BCUT2D eigenvalue weighted by molar-refractivity contribution is -0.104. The zero-order valence-electron chi connectivity index (χ0n) is 6.74. The molecule has 1 rings (SSSR count). The molecule has 0 aliphatic rings. The summed E-state index contributed by atoms with van der Waals surface area (Å²) in [5.74, 6) is 0. The second-order valence-corrected chi connectivity index (χ2v) is 2.82. The normalized spacial score (nSPS) is 10.2. The minimum atomic E-state index is 0.516. The highest BCUT2D eigenvalue weighted by molar-refractivity contribution is 6.30. The fourth-order valence-electron chi connectivity index (χ4n) is 0.940. The first-order valence-corrected chi connectivity index (χ1v) is 4.02. The third-order valence-corrected chi connectivity index (χ3v) is 1.77. The van der Waals surface area contributed by atoms with Gasteiger partial charge in [0.1, 0.15) is 6.29 Å². The molecule has 0 unspecified atom stereocenters. The fourth-order valence-corrected chi connectivity index (χ4v) is 1.12. The Morgan fingerprint density at radius 1 is 1.15 bits per heavy atom. The van der Waals surface area contributed by atoms with Crippen LogP contribution in [0.5, 0.6) is 0 Å². The van der Waals surface area contributed by atoms with Crippen molar-refractivity contribution in [3.05, 3.63) is 40.4 Å². The Hall–Kier alpha value is -1.41. The second kappa shape index (κ2) is 4.58. The summed E-state index contributed by atoms with van der Waals surface area (Å²) >= 11 is 5.71. The monoisotopic (exact) mass is 194 g/mol. The van der Waals surface area contributed by atoms with Gasteiger partial charge in [-0.05, 0) is 29.8 Å². The maximum Gasteiger partial charge on any atom is 0.150 e. The van der Waals surface area contributed by atoms with Gasteiger partial charge in [-0.3, -0.25) is 9.59 Å². The molecule has 0 heterocycles. The molecule has 2 nitrogen and oxygen atoms in total. The average Bonchev–Trinajstić information content (AvgIpc) is 2.15. The van der Waals surface area contributed by atoms with E-state index in [1.54, 1.807) is 24.3 Å². The third kappa shape index (κ3) is 2.53. The molecule has 0 saturated heterocycles. The summed E-state index contributed by atoms with van der Waals surface area (Å²) in [6.07, 6.45) is 4.23. The van der Waals surface area contributed by atoms with Gasteiger partial charge in [-0.15, -0.1) is 0 Å². The molecule has 0 N–H and O–H groups in total. The summed E-state index contributed by atoms with van der Waals surface area (Å²) in [4.78, 5) is 20.6. The number of hydrogen-bond acceptors (Lipinski definition) is 2. The van der Waals surface area contributed by atoms with Crippen molar-refractivity contribution in [2.24, 2.45) is 0 Å². The van der Waals surface area contributed by atoms with Crippen molar-refractivity contribution >= 4 is 30.2 Å². The molecule has 0 aliphatic heterocycles.